The van der Waals surface area contributed by atoms with E-state index in [0.717, 1.165) is 4.90 Å². The summed E-state index contributed by atoms with van der Waals surface area (Å²) in [7, 11) is 1.31. The van der Waals surface area contributed by atoms with Gasteiger partial charge >= 0.3 is 24.4 Å². The lowest BCUT2D eigenvalue weighted by Gasteiger charge is -2.50. The molecule has 0 aromatic heterocycles. The third-order valence-electron chi connectivity index (χ3n) is 10.3. The summed E-state index contributed by atoms with van der Waals surface area (Å²) in [6.07, 6.45) is -14.0. The van der Waals surface area contributed by atoms with Crippen LogP contribution in [0.3, 0.4) is 0 Å². The highest BCUT2D eigenvalue weighted by molar-refractivity contribution is 5.81. The van der Waals surface area contributed by atoms with E-state index in [0.29, 0.717) is 5.76 Å². The van der Waals surface area contributed by atoms with Crippen molar-refractivity contribution < 1.29 is 87.4 Å². The fourth-order valence-electron chi connectivity index (χ4n) is 7.57. The lowest BCUT2D eigenvalue weighted by atomic mass is 9.82. The summed E-state index contributed by atoms with van der Waals surface area (Å²) < 4.78 is 46.8. The fourth-order valence-corrected chi connectivity index (χ4v) is 7.57. The Labute approximate surface area is 404 Å². The van der Waals surface area contributed by atoms with Gasteiger partial charge in [0.2, 0.25) is 12.2 Å². The van der Waals surface area contributed by atoms with E-state index < -0.39 is 132 Å². The molecular formula is C45H80N6O18. The van der Waals surface area contributed by atoms with Crippen LogP contribution in [0.2, 0.25) is 0 Å². The Morgan fingerprint density at radius 1 is 0.754 bits per heavy atom. The number of rotatable bonds is 16. The molecule has 1 saturated heterocycles. The number of alkyl carbamates (subject to hydrolysis) is 3. The van der Waals surface area contributed by atoms with E-state index in [1.165, 1.54) is 14.0 Å². The first-order valence-corrected chi connectivity index (χ1v) is 23.2. The molecule has 398 valence electrons. The molecule has 12 atom stereocenters. The van der Waals surface area contributed by atoms with Crippen LogP contribution in [0, 0.1) is 0 Å². The van der Waals surface area contributed by atoms with Crippen LogP contribution in [0.25, 0.3) is 0 Å². The molecule has 2 fully saturated rings. The Morgan fingerprint density at radius 3 is 1.80 bits per heavy atom. The van der Waals surface area contributed by atoms with Crippen molar-refractivity contribution >= 4 is 30.3 Å². The molecular weight excluding hydrogens is 913 g/mol. The SMILES string of the molecule is CN(C(=O)OC(C)(C)C)[C@@H]1[C@@H](O)[C@@H](O[C@@H]2[C@@H](O)[C@H](O[C@H]3OC(CNCCO)=CC[C@H]3NC(=O)OC(C)(C)C)C(NC(=O)OC(C)(C)C)C[C@H]2NC(=O)[C@H](O)CCNC(=O)OC(C)(C)C)OC[C@]1(C)O. The summed E-state index contributed by atoms with van der Waals surface area (Å²) >= 11 is 0. The summed E-state index contributed by atoms with van der Waals surface area (Å²) in [5, 5.41) is 69.9. The zero-order valence-corrected chi connectivity index (χ0v) is 42.6. The number of carbonyl (C=O) groups is 5. The molecule has 0 radical (unpaired) electrons. The lowest BCUT2D eigenvalue weighted by Crippen LogP contribution is -2.71. The molecule has 0 spiro atoms. The van der Waals surface area contributed by atoms with Crippen molar-refractivity contribution in [2.24, 2.45) is 0 Å². The minimum atomic E-state index is -1.90. The van der Waals surface area contributed by atoms with Crippen LogP contribution in [-0.4, -0.2) is 196 Å². The molecule has 0 bridgehead atoms. The van der Waals surface area contributed by atoms with Gasteiger partial charge in [-0.2, -0.15) is 0 Å². The monoisotopic (exact) mass is 993 g/mol. The van der Waals surface area contributed by atoms with Crippen LogP contribution in [0.15, 0.2) is 11.8 Å². The minimum absolute atomic E-state index is 0.126. The maximum atomic E-state index is 13.8. The van der Waals surface area contributed by atoms with E-state index in [2.05, 4.69) is 26.6 Å². The van der Waals surface area contributed by atoms with Crippen molar-refractivity contribution in [3.05, 3.63) is 11.8 Å². The van der Waals surface area contributed by atoms with Crippen molar-refractivity contribution in [1.82, 2.24) is 31.5 Å². The maximum absolute atomic E-state index is 13.8. The van der Waals surface area contributed by atoms with Crippen molar-refractivity contribution in [2.45, 2.75) is 205 Å². The van der Waals surface area contributed by atoms with E-state index in [4.69, 9.17) is 37.9 Å². The number of carbonyl (C=O) groups excluding carboxylic acids is 5. The lowest BCUT2D eigenvalue weighted by molar-refractivity contribution is -0.311. The standard InChI is InChI=1S/C45H80N6O18/c1-41(2,3)66-37(57)47-18-17-28(53)34(56)48-26-21-27(50-39(59)68-43(7,8)9)32(64-35-25(49-38(58)67-42(4,5)6)16-15-24(63-35)22-46-19-20-52)29(54)31(26)65-36-30(55)33(45(13,61)23-62-36)51(14)40(60)69-44(10,11)12/h15,25-33,35-36,46,52-55,61H,16-23H2,1-14H3,(H,47,57)(H,48,56)(H,49,58)(H,50,59)/t25-,26-,27?,28-,29-,30-,31+,32-,33-,35-,36-,45+/m1/s1. The number of hydrogen-bond acceptors (Lipinski definition) is 19. The van der Waals surface area contributed by atoms with E-state index in [9.17, 15) is 49.5 Å². The van der Waals surface area contributed by atoms with Gasteiger partial charge in [-0.3, -0.25) is 4.79 Å². The number of ether oxygens (including phenoxy) is 8. The van der Waals surface area contributed by atoms with Crippen LogP contribution < -0.4 is 26.6 Å². The zero-order valence-electron chi connectivity index (χ0n) is 42.6. The number of likely N-dealkylation sites (N-methyl/N-ethyl adjacent to an activating group) is 1. The average molecular weight is 993 g/mol. The predicted molar refractivity (Wildman–Crippen MR) is 245 cm³/mol. The number of aliphatic hydroxyl groups is 5. The van der Waals surface area contributed by atoms with Crippen molar-refractivity contribution in [1.29, 1.82) is 0 Å². The molecule has 0 aromatic carbocycles. The Hall–Kier alpha value is -4.27. The van der Waals surface area contributed by atoms with Crippen LogP contribution >= 0.6 is 0 Å². The van der Waals surface area contributed by atoms with Gasteiger partial charge in [0.05, 0.1) is 43.9 Å². The van der Waals surface area contributed by atoms with Gasteiger partial charge in [-0.25, -0.2) is 19.2 Å². The van der Waals surface area contributed by atoms with Gasteiger partial charge in [-0.15, -0.1) is 0 Å². The number of aliphatic hydroxyl groups excluding tert-OH is 4. The number of hydrogen-bond donors (Lipinski definition) is 10. The molecule has 69 heavy (non-hydrogen) atoms. The van der Waals surface area contributed by atoms with Crippen molar-refractivity contribution in [3.8, 4) is 0 Å². The molecule has 1 aliphatic carbocycles. The zero-order chi connectivity index (χ0) is 52.4. The Bertz CT molecular complexity index is 1760. The molecule has 2 aliphatic heterocycles. The number of nitrogens with zero attached hydrogens (tertiary/aromatic N) is 1. The van der Waals surface area contributed by atoms with Gasteiger partial charge in [-0.1, -0.05) is 0 Å². The summed E-state index contributed by atoms with van der Waals surface area (Å²) in [5.41, 5.74) is -5.53. The molecule has 0 aromatic rings. The van der Waals surface area contributed by atoms with Crippen molar-refractivity contribution in [2.75, 3.05) is 39.9 Å². The van der Waals surface area contributed by atoms with E-state index in [1.54, 1.807) is 89.2 Å². The summed E-state index contributed by atoms with van der Waals surface area (Å²) in [4.78, 5) is 67.0. The van der Waals surface area contributed by atoms with Crippen LogP contribution in [0.1, 0.15) is 109 Å². The molecule has 1 saturated carbocycles. The molecule has 5 amide bonds. The van der Waals surface area contributed by atoms with Gasteiger partial charge in [-0.05, 0) is 115 Å². The third kappa shape index (κ3) is 19.5. The number of nitrogens with one attached hydrogen (secondary N) is 5. The molecule has 24 heteroatoms. The second kappa shape index (κ2) is 24.2. The minimum Gasteiger partial charge on any atom is -0.466 e. The highest BCUT2D eigenvalue weighted by Gasteiger charge is 2.55. The molecule has 3 rings (SSSR count). The predicted octanol–water partition coefficient (Wildman–Crippen LogP) is 0.984. The van der Waals surface area contributed by atoms with Gasteiger partial charge in [0, 0.05) is 20.1 Å². The molecule has 24 nitrogen and oxygen atoms in total. The molecule has 2 heterocycles. The maximum Gasteiger partial charge on any atom is 0.410 e. The first-order chi connectivity index (χ1) is 31.6. The normalized spacial score (nSPS) is 29.2. The van der Waals surface area contributed by atoms with Crippen LogP contribution in [-0.2, 0) is 42.7 Å². The quantitative estimate of drug-likeness (QED) is 0.0761. The van der Waals surface area contributed by atoms with Crippen LogP contribution in [0.4, 0.5) is 19.2 Å². The van der Waals surface area contributed by atoms with E-state index in [1.807, 2.05) is 0 Å². The Balaban J connectivity index is 2.10. The summed E-state index contributed by atoms with van der Waals surface area (Å²) in [6.45, 7) is 20.6. The van der Waals surface area contributed by atoms with E-state index >= 15 is 0 Å². The fraction of sp³-hybridized carbons (Fsp3) is 0.844. The Morgan fingerprint density at radius 2 is 1.26 bits per heavy atom. The summed E-state index contributed by atoms with van der Waals surface area (Å²) in [6, 6.07) is -5.00. The highest BCUT2D eigenvalue weighted by Crippen LogP contribution is 2.35. The largest absolute Gasteiger partial charge is 0.466 e. The smallest absolute Gasteiger partial charge is 0.410 e. The van der Waals surface area contributed by atoms with Gasteiger partial charge in [0.25, 0.3) is 0 Å². The highest BCUT2D eigenvalue weighted by atomic mass is 16.7. The molecule has 1 unspecified atom stereocenters. The molecule has 10 N–H and O–H groups in total. The van der Waals surface area contributed by atoms with Gasteiger partial charge < -0.3 is 94.9 Å². The average Bonchev–Trinajstić information content (AvgIpc) is 3.16. The van der Waals surface area contributed by atoms with Crippen LogP contribution in [0.5, 0.6) is 0 Å². The first-order valence-electron chi connectivity index (χ1n) is 23.2. The Kier molecular flexibility index (Phi) is 20.7. The van der Waals surface area contributed by atoms with Gasteiger partial charge in [0.15, 0.2) is 6.29 Å². The second-order valence-electron chi connectivity index (χ2n) is 21.6. The second-order valence-corrected chi connectivity index (χ2v) is 21.6. The number of amides is 5. The third-order valence-corrected chi connectivity index (χ3v) is 10.3. The first kappa shape index (κ1) is 59.0. The van der Waals surface area contributed by atoms with Gasteiger partial charge in [0.1, 0.15) is 64.3 Å². The summed E-state index contributed by atoms with van der Waals surface area (Å²) in [5.74, 6) is -0.642. The molecule has 3 aliphatic rings. The van der Waals surface area contributed by atoms with Crippen molar-refractivity contribution in [3.63, 3.8) is 0 Å². The topological polar surface area (TPSA) is 324 Å². The van der Waals surface area contributed by atoms with E-state index in [-0.39, 0.29) is 45.5 Å².